The van der Waals surface area contributed by atoms with E-state index in [2.05, 4.69) is 59.4 Å². The van der Waals surface area contributed by atoms with Crippen molar-refractivity contribution in [2.24, 2.45) is 0 Å². The largest absolute Gasteiger partial charge is 0.369 e. The number of hydrogen-bond donors (Lipinski definition) is 1. The van der Waals surface area contributed by atoms with Crippen LogP contribution in [0.5, 0.6) is 0 Å². The van der Waals surface area contributed by atoms with Gasteiger partial charge >= 0.3 is 0 Å². The topological polar surface area (TPSA) is 37.8 Å². The van der Waals surface area contributed by atoms with Crippen molar-refractivity contribution in [2.45, 2.75) is 32.6 Å². The van der Waals surface area contributed by atoms with Crippen LogP contribution < -0.4 is 5.32 Å². The highest BCUT2D eigenvalue weighted by molar-refractivity contribution is 9.10. The molecule has 1 heterocycles. The number of hydrogen-bond acceptors (Lipinski definition) is 3. The van der Waals surface area contributed by atoms with E-state index >= 15 is 0 Å². The fourth-order valence-corrected chi connectivity index (χ4v) is 3.27. The van der Waals surface area contributed by atoms with Crippen LogP contribution in [-0.2, 0) is 12.8 Å². The second-order valence-corrected chi connectivity index (χ2v) is 5.82. The maximum absolute atomic E-state index is 4.76. The zero-order valence-electron chi connectivity index (χ0n) is 11.8. The molecular weight excluding hydrogens is 314 g/mol. The zero-order valence-corrected chi connectivity index (χ0v) is 13.4. The predicted molar refractivity (Wildman–Crippen MR) is 85.3 cm³/mol. The fourth-order valence-electron chi connectivity index (χ4n) is 2.68. The Morgan fingerprint density at radius 2 is 2.05 bits per heavy atom. The second kappa shape index (κ2) is 5.52. The van der Waals surface area contributed by atoms with E-state index in [0.717, 1.165) is 41.2 Å². The first kappa shape index (κ1) is 13.6. The standard InChI is InChI=1S/C16H18BrN3/c1-3-13-14(17)16(18-4-2)20-15(19-13)12-9-10-7-5-6-8-11(10)12/h5-8,12H,3-4,9H2,1-2H3,(H,18,19,20). The van der Waals surface area contributed by atoms with Gasteiger partial charge in [-0.3, -0.25) is 0 Å². The highest BCUT2D eigenvalue weighted by Gasteiger charge is 2.30. The number of fused-ring (bicyclic) bond motifs is 1. The first-order valence-electron chi connectivity index (χ1n) is 7.12. The summed E-state index contributed by atoms with van der Waals surface area (Å²) in [7, 11) is 0. The minimum Gasteiger partial charge on any atom is -0.369 e. The first-order valence-corrected chi connectivity index (χ1v) is 7.91. The van der Waals surface area contributed by atoms with Crippen molar-refractivity contribution >= 4 is 21.7 Å². The molecule has 0 saturated heterocycles. The van der Waals surface area contributed by atoms with E-state index in [4.69, 9.17) is 9.97 Å². The number of aromatic nitrogens is 2. The van der Waals surface area contributed by atoms with Gasteiger partial charge in [-0.05, 0) is 46.8 Å². The van der Waals surface area contributed by atoms with Gasteiger partial charge in [0.05, 0.1) is 10.2 Å². The Hall–Kier alpha value is -1.42. The van der Waals surface area contributed by atoms with Crippen molar-refractivity contribution in [2.75, 3.05) is 11.9 Å². The Morgan fingerprint density at radius 3 is 2.75 bits per heavy atom. The van der Waals surface area contributed by atoms with Gasteiger partial charge in [-0.2, -0.15) is 0 Å². The van der Waals surface area contributed by atoms with Crippen LogP contribution in [0.1, 0.15) is 42.4 Å². The molecule has 0 amide bonds. The molecular formula is C16H18BrN3. The summed E-state index contributed by atoms with van der Waals surface area (Å²) < 4.78 is 0.998. The molecule has 1 unspecified atom stereocenters. The number of rotatable bonds is 4. The van der Waals surface area contributed by atoms with Gasteiger partial charge in [0.2, 0.25) is 0 Å². The monoisotopic (exact) mass is 331 g/mol. The molecule has 0 bridgehead atoms. The van der Waals surface area contributed by atoms with E-state index in [1.807, 2.05) is 0 Å². The SMILES string of the molecule is CCNc1nc(C2Cc3ccccc32)nc(CC)c1Br. The third kappa shape index (κ3) is 2.22. The van der Waals surface area contributed by atoms with E-state index < -0.39 is 0 Å². The highest BCUT2D eigenvalue weighted by atomic mass is 79.9. The lowest BCUT2D eigenvalue weighted by Crippen LogP contribution is -2.21. The first-order chi connectivity index (χ1) is 9.74. The number of nitrogens with zero attached hydrogens (tertiary/aromatic N) is 2. The molecule has 1 aromatic carbocycles. The van der Waals surface area contributed by atoms with Crippen molar-refractivity contribution in [1.82, 2.24) is 9.97 Å². The normalized spacial score (nSPS) is 16.4. The number of nitrogens with one attached hydrogen (secondary N) is 1. The maximum Gasteiger partial charge on any atom is 0.144 e. The van der Waals surface area contributed by atoms with Gasteiger partial charge in [0, 0.05) is 12.5 Å². The molecule has 4 heteroatoms. The van der Waals surface area contributed by atoms with Crippen LogP contribution >= 0.6 is 15.9 Å². The van der Waals surface area contributed by atoms with E-state index in [-0.39, 0.29) is 0 Å². The van der Waals surface area contributed by atoms with Crippen LogP contribution in [0, 0.1) is 0 Å². The highest BCUT2D eigenvalue weighted by Crippen LogP contribution is 2.39. The molecule has 1 aromatic heterocycles. The Labute approximate surface area is 128 Å². The Bertz CT molecular complexity index is 640. The van der Waals surface area contributed by atoms with Gasteiger partial charge in [0.15, 0.2) is 0 Å². The van der Waals surface area contributed by atoms with Gasteiger partial charge in [-0.15, -0.1) is 0 Å². The molecule has 1 atom stereocenters. The van der Waals surface area contributed by atoms with E-state index in [9.17, 15) is 0 Å². The Balaban J connectivity index is 2.01. The summed E-state index contributed by atoms with van der Waals surface area (Å²) in [5.41, 5.74) is 3.88. The lowest BCUT2D eigenvalue weighted by molar-refractivity contribution is 0.653. The molecule has 1 N–H and O–H groups in total. The van der Waals surface area contributed by atoms with Crippen LogP contribution in [-0.4, -0.2) is 16.5 Å². The molecule has 0 radical (unpaired) electrons. The smallest absolute Gasteiger partial charge is 0.144 e. The van der Waals surface area contributed by atoms with E-state index in [1.165, 1.54) is 11.1 Å². The molecule has 1 aliphatic carbocycles. The number of anilines is 1. The van der Waals surface area contributed by atoms with Gasteiger partial charge in [-0.25, -0.2) is 9.97 Å². The van der Waals surface area contributed by atoms with Crippen molar-refractivity contribution in [3.05, 3.63) is 51.4 Å². The molecule has 2 aromatic rings. The van der Waals surface area contributed by atoms with Crippen molar-refractivity contribution < 1.29 is 0 Å². The number of aryl methyl sites for hydroxylation is 1. The van der Waals surface area contributed by atoms with Crippen LogP contribution in [0.4, 0.5) is 5.82 Å². The summed E-state index contributed by atoms with van der Waals surface area (Å²) >= 11 is 3.61. The summed E-state index contributed by atoms with van der Waals surface area (Å²) in [6.45, 7) is 5.07. The molecule has 0 saturated carbocycles. The summed E-state index contributed by atoms with van der Waals surface area (Å²) in [6.07, 6.45) is 1.95. The van der Waals surface area contributed by atoms with Gasteiger partial charge in [0.1, 0.15) is 11.6 Å². The predicted octanol–water partition coefficient (Wildman–Crippen LogP) is 3.92. The molecule has 0 aliphatic heterocycles. The van der Waals surface area contributed by atoms with Gasteiger partial charge in [0.25, 0.3) is 0 Å². The quantitative estimate of drug-likeness (QED) is 0.922. The molecule has 3 nitrogen and oxygen atoms in total. The van der Waals surface area contributed by atoms with Crippen molar-refractivity contribution in [3.8, 4) is 0 Å². The lowest BCUT2D eigenvalue weighted by atomic mass is 9.77. The molecule has 0 fully saturated rings. The number of halogens is 1. The third-order valence-corrected chi connectivity index (χ3v) is 4.62. The molecule has 1 aliphatic rings. The molecule has 0 spiro atoms. The summed E-state index contributed by atoms with van der Waals surface area (Å²) in [5, 5.41) is 3.32. The van der Waals surface area contributed by atoms with Crippen LogP contribution in [0.2, 0.25) is 0 Å². The molecule has 20 heavy (non-hydrogen) atoms. The number of benzene rings is 1. The maximum atomic E-state index is 4.76. The zero-order chi connectivity index (χ0) is 14.1. The summed E-state index contributed by atoms with van der Waals surface area (Å²) in [4.78, 5) is 9.48. The van der Waals surface area contributed by atoms with Gasteiger partial charge in [-0.1, -0.05) is 31.2 Å². The second-order valence-electron chi connectivity index (χ2n) is 5.03. The van der Waals surface area contributed by atoms with Crippen molar-refractivity contribution in [3.63, 3.8) is 0 Å². The Kier molecular flexibility index (Phi) is 3.74. The van der Waals surface area contributed by atoms with Gasteiger partial charge < -0.3 is 5.32 Å². The molecule has 3 rings (SSSR count). The van der Waals surface area contributed by atoms with E-state index in [1.54, 1.807) is 0 Å². The van der Waals surface area contributed by atoms with E-state index in [0.29, 0.717) is 5.92 Å². The average molecular weight is 332 g/mol. The Morgan fingerprint density at radius 1 is 1.25 bits per heavy atom. The third-order valence-electron chi connectivity index (χ3n) is 3.78. The summed E-state index contributed by atoms with van der Waals surface area (Å²) in [6, 6.07) is 8.57. The molecule has 104 valence electrons. The minimum absolute atomic E-state index is 0.349. The van der Waals surface area contributed by atoms with Crippen molar-refractivity contribution in [1.29, 1.82) is 0 Å². The minimum atomic E-state index is 0.349. The lowest BCUT2D eigenvalue weighted by Gasteiger charge is -2.29. The van der Waals surface area contributed by atoms with Crippen LogP contribution in [0.15, 0.2) is 28.7 Å². The average Bonchev–Trinajstić information content (AvgIpc) is 2.43. The fraction of sp³-hybridized carbons (Fsp3) is 0.375. The van der Waals surface area contributed by atoms with Crippen LogP contribution in [0.3, 0.4) is 0 Å². The summed E-state index contributed by atoms with van der Waals surface area (Å²) in [5.74, 6) is 2.21. The van der Waals surface area contributed by atoms with Crippen LogP contribution in [0.25, 0.3) is 0 Å².